The van der Waals surface area contributed by atoms with Crippen LogP contribution in [0.1, 0.15) is 0 Å². The SMILES string of the molecule is O=S(=O)(c1ccccc1)c1[nH]c2ccccc2c1B(O)O. The normalized spacial score (nSPS) is 11.7. The van der Waals surface area contributed by atoms with E-state index in [-0.39, 0.29) is 15.4 Å². The van der Waals surface area contributed by atoms with Crippen molar-refractivity contribution in [1.29, 1.82) is 0 Å². The van der Waals surface area contributed by atoms with E-state index >= 15 is 0 Å². The van der Waals surface area contributed by atoms with Crippen molar-refractivity contribution < 1.29 is 18.5 Å². The molecular weight excluding hydrogens is 289 g/mol. The molecule has 0 saturated heterocycles. The van der Waals surface area contributed by atoms with E-state index in [9.17, 15) is 18.5 Å². The number of H-pyrrole nitrogens is 1. The second kappa shape index (κ2) is 5.03. The Kier molecular flexibility index (Phi) is 3.33. The van der Waals surface area contributed by atoms with Crippen LogP contribution in [0.4, 0.5) is 0 Å². The average molecular weight is 301 g/mol. The van der Waals surface area contributed by atoms with Crippen LogP contribution >= 0.6 is 0 Å². The van der Waals surface area contributed by atoms with Crippen LogP contribution in [-0.2, 0) is 9.84 Å². The van der Waals surface area contributed by atoms with Gasteiger partial charge < -0.3 is 15.0 Å². The topological polar surface area (TPSA) is 90.4 Å². The average Bonchev–Trinajstić information content (AvgIpc) is 2.88. The molecular formula is C14H12BNO4S. The van der Waals surface area contributed by atoms with Crippen molar-refractivity contribution in [2.75, 3.05) is 0 Å². The first kappa shape index (κ1) is 13.9. The van der Waals surface area contributed by atoms with Crippen LogP contribution in [0.3, 0.4) is 0 Å². The Hall–Kier alpha value is -2.09. The number of benzene rings is 2. The molecule has 1 aromatic heterocycles. The predicted molar refractivity (Wildman–Crippen MR) is 80.0 cm³/mol. The van der Waals surface area contributed by atoms with Gasteiger partial charge >= 0.3 is 7.12 Å². The van der Waals surface area contributed by atoms with E-state index < -0.39 is 17.0 Å². The molecule has 3 rings (SSSR count). The standard InChI is InChI=1S/C14H12BNO4S/c17-15(18)13-11-8-4-5-9-12(11)16-14(13)21(19,20)10-6-2-1-3-7-10/h1-9,16-18H. The summed E-state index contributed by atoms with van der Waals surface area (Å²) in [5, 5.41) is 19.4. The van der Waals surface area contributed by atoms with E-state index in [2.05, 4.69) is 4.98 Å². The minimum Gasteiger partial charge on any atom is -0.423 e. The number of para-hydroxylation sites is 1. The summed E-state index contributed by atoms with van der Waals surface area (Å²) in [6, 6.07) is 14.7. The van der Waals surface area contributed by atoms with Gasteiger partial charge in [-0.1, -0.05) is 36.4 Å². The van der Waals surface area contributed by atoms with Crippen molar-refractivity contribution in [3.05, 3.63) is 54.6 Å². The Balaban J connectivity index is 2.33. The third-order valence-corrected chi connectivity index (χ3v) is 5.04. The molecule has 0 saturated carbocycles. The van der Waals surface area contributed by atoms with Gasteiger partial charge in [-0.05, 0) is 18.2 Å². The van der Waals surface area contributed by atoms with Crippen LogP contribution in [0.2, 0.25) is 0 Å². The first-order valence-electron chi connectivity index (χ1n) is 6.28. The second-order valence-corrected chi connectivity index (χ2v) is 6.49. The molecule has 5 nitrogen and oxygen atoms in total. The Bertz CT molecular complexity index is 888. The number of rotatable bonds is 3. The van der Waals surface area contributed by atoms with E-state index in [1.165, 1.54) is 12.1 Å². The number of sulfone groups is 1. The fourth-order valence-electron chi connectivity index (χ4n) is 2.32. The largest absolute Gasteiger partial charge is 0.492 e. The number of aromatic amines is 1. The van der Waals surface area contributed by atoms with Gasteiger partial charge in [0.05, 0.1) is 4.90 Å². The van der Waals surface area contributed by atoms with Crippen molar-refractivity contribution in [2.24, 2.45) is 0 Å². The predicted octanol–water partition coefficient (Wildman–Crippen LogP) is 0.680. The zero-order valence-electron chi connectivity index (χ0n) is 10.9. The Morgan fingerprint density at radius 1 is 0.905 bits per heavy atom. The number of hydrogen-bond acceptors (Lipinski definition) is 4. The molecule has 7 heteroatoms. The quantitative estimate of drug-likeness (QED) is 0.621. The summed E-state index contributed by atoms with van der Waals surface area (Å²) in [5.41, 5.74) is 0.504. The summed E-state index contributed by atoms with van der Waals surface area (Å²) in [4.78, 5) is 2.87. The monoisotopic (exact) mass is 301 g/mol. The summed E-state index contributed by atoms with van der Waals surface area (Å²) < 4.78 is 25.4. The zero-order chi connectivity index (χ0) is 15.0. The van der Waals surface area contributed by atoms with Gasteiger partial charge in [0.25, 0.3) is 0 Å². The molecule has 0 unspecified atom stereocenters. The van der Waals surface area contributed by atoms with Gasteiger partial charge in [0.2, 0.25) is 9.84 Å². The maximum Gasteiger partial charge on any atom is 0.492 e. The lowest BCUT2D eigenvalue weighted by atomic mass is 9.80. The molecule has 3 N–H and O–H groups in total. The Labute approximate surface area is 121 Å². The summed E-state index contributed by atoms with van der Waals surface area (Å²) in [7, 11) is -5.73. The molecule has 1 heterocycles. The smallest absolute Gasteiger partial charge is 0.423 e. The Morgan fingerprint density at radius 2 is 1.52 bits per heavy atom. The molecule has 21 heavy (non-hydrogen) atoms. The van der Waals surface area contributed by atoms with Gasteiger partial charge in [0, 0.05) is 16.4 Å². The first-order chi connectivity index (χ1) is 10.0. The summed E-state index contributed by atoms with van der Waals surface area (Å²) >= 11 is 0. The van der Waals surface area contributed by atoms with Crippen LogP contribution < -0.4 is 5.46 Å². The van der Waals surface area contributed by atoms with Gasteiger partial charge in [0.15, 0.2) is 0 Å². The van der Waals surface area contributed by atoms with Gasteiger partial charge in [-0.25, -0.2) is 8.42 Å². The molecule has 0 fully saturated rings. The molecule has 0 atom stereocenters. The highest BCUT2D eigenvalue weighted by Gasteiger charge is 2.30. The van der Waals surface area contributed by atoms with Gasteiger partial charge in [0.1, 0.15) is 5.03 Å². The van der Waals surface area contributed by atoms with E-state index in [0.717, 1.165) is 0 Å². The van der Waals surface area contributed by atoms with Crippen molar-refractivity contribution in [3.8, 4) is 0 Å². The molecule has 106 valence electrons. The lowest BCUT2D eigenvalue weighted by Crippen LogP contribution is -2.33. The molecule has 0 amide bonds. The molecule has 0 spiro atoms. The summed E-state index contributed by atoms with van der Waals surface area (Å²) in [6.45, 7) is 0. The van der Waals surface area contributed by atoms with Crippen molar-refractivity contribution in [2.45, 2.75) is 9.92 Å². The third kappa shape index (κ3) is 2.25. The molecule has 3 aromatic rings. The maximum atomic E-state index is 12.7. The van der Waals surface area contributed by atoms with Crippen LogP contribution in [0.25, 0.3) is 10.9 Å². The van der Waals surface area contributed by atoms with E-state index in [0.29, 0.717) is 10.9 Å². The fourth-order valence-corrected chi connectivity index (χ4v) is 3.83. The minimum atomic E-state index is -3.85. The van der Waals surface area contributed by atoms with E-state index in [4.69, 9.17) is 0 Å². The lowest BCUT2D eigenvalue weighted by Gasteiger charge is -2.05. The van der Waals surface area contributed by atoms with Crippen LogP contribution in [-0.4, -0.2) is 30.6 Å². The van der Waals surface area contributed by atoms with Crippen molar-refractivity contribution >= 4 is 33.3 Å². The highest BCUT2D eigenvalue weighted by atomic mass is 32.2. The second-order valence-electron chi connectivity index (χ2n) is 4.60. The van der Waals surface area contributed by atoms with Crippen molar-refractivity contribution in [1.82, 2.24) is 4.98 Å². The first-order valence-corrected chi connectivity index (χ1v) is 7.77. The number of fused-ring (bicyclic) bond motifs is 1. The van der Waals surface area contributed by atoms with Crippen LogP contribution in [0.5, 0.6) is 0 Å². The van der Waals surface area contributed by atoms with Crippen molar-refractivity contribution in [3.63, 3.8) is 0 Å². The van der Waals surface area contributed by atoms with E-state index in [1.54, 1.807) is 42.5 Å². The fraction of sp³-hybridized carbons (Fsp3) is 0. The van der Waals surface area contributed by atoms with Gasteiger partial charge in [-0.2, -0.15) is 0 Å². The summed E-state index contributed by atoms with van der Waals surface area (Å²) in [5.74, 6) is 0. The number of nitrogens with one attached hydrogen (secondary N) is 1. The highest BCUT2D eigenvalue weighted by molar-refractivity contribution is 7.91. The maximum absolute atomic E-state index is 12.7. The summed E-state index contributed by atoms with van der Waals surface area (Å²) in [6.07, 6.45) is 0. The van der Waals surface area contributed by atoms with Gasteiger partial charge in [-0.15, -0.1) is 0 Å². The van der Waals surface area contributed by atoms with Gasteiger partial charge in [-0.3, -0.25) is 0 Å². The number of hydrogen-bond donors (Lipinski definition) is 3. The molecule has 2 aromatic carbocycles. The van der Waals surface area contributed by atoms with Crippen LogP contribution in [0.15, 0.2) is 64.5 Å². The minimum absolute atomic E-state index is 0.0329. The molecule has 0 aliphatic heterocycles. The highest BCUT2D eigenvalue weighted by Crippen LogP contribution is 2.22. The van der Waals surface area contributed by atoms with Crippen LogP contribution in [0, 0.1) is 0 Å². The number of aromatic nitrogens is 1. The van der Waals surface area contributed by atoms with E-state index in [1.807, 2.05) is 0 Å². The molecule has 0 radical (unpaired) electrons. The Morgan fingerprint density at radius 3 is 2.19 bits per heavy atom. The lowest BCUT2D eigenvalue weighted by molar-refractivity contribution is 0.425. The molecule has 0 aliphatic rings. The third-order valence-electron chi connectivity index (χ3n) is 3.29. The zero-order valence-corrected chi connectivity index (χ0v) is 11.7. The molecule has 0 aliphatic carbocycles. The molecule has 0 bridgehead atoms.